The van der Waals surface area contributed by atoms with Crippen LogP contribution in [0.4, 0.5) is 11.4 Å². The molecule has 17 heavy (non-hydrogen) atoms. The van der Waals surface area contributed by atoms with Crippen LogP contribution in [-0.4, -0.2) is 19.6 Å². The second-order valence-corrected chi connectivity index (χ2v) is 4.85. The van der Waals surface area contributed by atoms with E-state index in [0.717, 1.165) is 13.1 Å². The van der Waals surface area contributed by atoms with Crippen LogP contribution in [0.5, 0.6) is 0 Å². The quantitative estimate of drug-likeness (QED) is 0.749. The van der Waals surface area contributed by atoms with Gasteiger partial charge >= 0.3 is 0 Å². The molecule has 0 radical (unpaired) electrons. The number of nitrogens with one attached hydrogen (secondary N) is 1. The molecule has 1 aromatic rings. The first-order chi connectivity index (χ1) is 8.42. The van der Waals surface area contributed by atoms with Gasteiger partial charge in [-0.2, -0.15) is 0 Å². The van der Waals surface area contributed by atoms with Crippen LogP contribution >= 0.6 is 0 Å². The summed E-state index contributed by atoms with van der Waals surface area (Å²) in [5.41, 5.74) is 2.68. The van der Waals surface area contributed by atoms with Gasteiger partial charge in [0.25, 0.3) is 0 Å². The molecule has 0 bridgehead atoms. The van der Waals surface area contributed by atoms with Crippen LogP contribution in [0.25, 0.3) is 0 Å². The number of nitrogens with zero attached hydrogens (tertiary/aromatic N) is 1. The fourth-order valence-electron chi connectivity index (χ4n) is 2.48. The number of para-hydroxylation sites is 2. The van der Waals surface area contributed by atoms with E-state index in [2.05, 4.69) is 41.4 Å². The Kier molecular flexibility index (Phi) is 4.72. The summed E-state index contributed by atoms with van der Waals surface area (Å²) >= 11 is 0. The molecular weight excluding hydrogens is 208 g/mol. The van der Waals surface area contributed by atoms with E-state index in [9.17, 15) is 0 Å². The van der Waals surface area contributed by atoms with Crippen LogP contribution in [-0.2, 0) is 0 Å². The first kappa shape index (κ1) is 12.3. The number of unbranched alkanes of at least 4 members (excludes halogenated alkanes) is 4. The van der Waals surface area contributed by atoms with Gasteiger partial charge in [-0.05, 0) is 18.6 Å². The summed E-state index contributed by atoms with van der Waals surface area (Å²) in [6.45, 7) is 5.70. The predicted octanol–water partition coefficient (Wildman–Crippen LogP) is 3.89. The molecular formula is C15H24N2. The van der Waals surface area contributed by atoms with Crippen molar-refractivity contribution in [1.82, 2.24) is 0 Å². The van der Waals surface area contributed by atoms with Gasteiger partial charge in [0.2, 0.25) is 0 Å². The highest BCUT2D eigenvalue weighted by atomic mass is 15.2. The molecule has 2 nitrogen and oxygen atoms in total. The Morgan fingerprint density at radius 2 is 1.94 bits per heavy atom. The van der Waals surface area contributed by atoms with Crippen LogP contribution in [0.3, 0.4) is 0 Å². The summed E-state index contributed by atoms with van der Waals surface area (Å²) in [4.78, 5) is 2.53. The number of fused-ring (bicyclic) bond motifs is 1. The van der Waals surface area contributed by atoms with Crippen molar-refractivity contribution >= 4 is 11.4 Å². The summed E-state index contributed by atoms with van der Waals surface area (Å²) in [5.74, 6) is 0. The topological polar surface area (TPSA) is 15.3 Å². The van der Waals surface area contributed by atoms with Gasteiger partial charge in [0, 0.05) is 19.6 Å². The molecule has 0 saturated heterocycles. The van der Waals surface area contributed by atoms with Crippen LogP contribution < -0.4 is 10.2 Å². The zero-order chi connectivity index (χ0) is 11.9. The summed E-state index contributed by atoms with van der Waals surface area (Å²) in [6.07, 6.45) is 6.81. The van der Waals surface area contributed by atoms with Crippen molar-refractivity contribution in [2.75, 3.05) is 29.9 Å². The Labute approximate surface area is 105 Å². The second-order valence-electron chi connectivity index (χ2n) is 4.85. The highest BCUT2D eigenvalue weighted by Gasteiger charge is 2.14. The minimum absolute atomic E-state index is 1.08. The first-order valence-electron chi connectivity index (χ1n) is 6.99. The monoisotopic (exact) mass is 232 g/mol. The minimum atomic E-state index is 1.08. The maximum atomic E-state index is 3.46. The zero-order valence-corrected chi connectivity index (χ0v) is 10.9. The Hall–Kier alpha value is -1.18. The lowest BCUT2D eigenvalue weighted by Crippen LogP contribution is -2.34. The highest BCUT2D eigenvalue weighted by molar-refractivity contribution is 5.71. The largest absolute Gasteiger partial charge is 0.382 e. The lowest BCUT2D eigenvalue weighted by molar-refractivity contribution is 0.617. The number of hydrogen-bond acceptors (Lipinski definition) is 2. The third-order valence-electron chi connectivity index (χ3n) is 3.47. The average Bonchev–Trinajstić information content (AvgIpc) is 2.39. The standard InChI is InChI=1S/C15H24N2/c1-2-3-4-5-8-12-17-13-11-16-14-9-6-7-10-15(14)17/h6-7,9-10,16H,2-5,8,11-13H2,1H3. The molecule has 1 aliphatic heterocycles. The summed E-state index contributed by atoms with van der Waals surface area (Å²) in [5, 5.41) is 3.46. The van der Waals surface area contributed by atoms with E-state index in [1.54, 1.807) is 0 Å². The van der Waals surface area contributed by atoms with Gasteiger partial charge in [0.15, 0.2) is 0 Å². The predicted molar refractivity (Wildman–Crippen MR) is 75.9 cm³/mol. The zero-order valence-electron chi connectivity index (χ0n) is 10.9. The molecule has 1 heterocycles. The molecule has 0 spiro atoms. The number of benzene rings is 1. The van der Waals surface area contributed by atoms with Gasteiger partial charge in [-0.25, -0.2) is 0 Å². The van der Waals surface area contributed by atoms with E-state index >= 15 is 0 Å². The van der Waals surface area contributed by atoms with Crippen molar-refractivity contribution in [2.45, 2.75) is 39.0 Å². The third-order valence-corrected chi connectivity index (χ3v) is 3.47. The average molecular weight is 232 g/mol. The van der Waals surface area contributed by atoms with Gasteiger partial charge in [-0.1, -0.05) is 44.7 Å². The summed E-state index contributed by atoms with van der Waals surface area (Å²) in [6, 6.07) is 8.65. The molecule has 94 valence electrons. The van der Waals surface area contributed by atoms with Crippen molar-refractivity contribution in [3.63, 3.8) is 0 Å². The molecule has 2 heteroatoms. The Balaban J connectivity index is 1.82. The number of hydrogen-bond donors (Lipinski definition) is 1. The molecule has 0 saturated carbocycles. The maximum absolute atomic E-state index is 3.46. The van der Waals surface area contributed by atoms with Gasteiger partial charge in [-0.3, -0.25) is 0 Å². The number of anilines is 2. The van der Waals surface area contributed by atoms with Gasteiger partial charge < -0.3 is 10.2 Å². The maximum Gasteiger partial charge on any atom is 0.0602 e. The molecule has 1 aliphatic rings. The molecule has 0 unspecified atom stereocenters. The molecule has 0 aliphatic carbocycles. The third kappa shape index (κ3) is 3.39. The van der Waals surface area contributed by atoms with E-state index in [1.165, 1.54) is 50.0 Å². The highest BCUT2D eigenvalue weighted by Crippen LogP contribution is 2.28. The molecule has 1 aromatic carbocycles. The van der Waals surface area contributed by atoms with E-state index in [-0.39, 0.29) is 0 Å². The molecule has 1 N–H and O–H groups in total. The van der Waals surface area contributed by atoms with Crippen LogP contribution in [0.15, 0.2) is 24.3 Å². The lowest BCUT2D eigenvalue weighted by atomic mass is 10.1. The molecule has 2 rings (SSSR count). The molecule has 0 amide bonds. The van der Waals surface area contributed by atoms with Crippen molar-refractivity contribution < 1.29 is 0 Å². The van der Waals surface area contributed by atoms with Crippen molar-refractivity contribution in [3.8, 4) is 0 Å². The fourth-order valence-corrected chi connectivity index (χ4v) is 2.48. The SMILES string of the molecule is CCCCCCCN1CCNc2ccccc21. The second kappa shape index (κ2) is 6.53. The minimum Gasteiger partial charge on any atom is -0.382 e. The fraction of sp³-hybridized carbons (Fsp3) is 0.600. The Morgan fingerprint density at radius 1 is 1.12 bits per heavy atom. The number of rotatable bonds is 6. The van der Waals surface area contributed by atoms with E-state index in [0.29, 0.717) is 0 Å². The summed E-state index contributed by atoms with van der Waals surface area (Å²) in [7, 11) is 0. The lowest BCUT2D eigenvalue weighted by Gasteiger charge is -2.32. The molecule has 0 fully saturated rings. The van der Waals surface area contributed by atoms with Gasteiger partial charge in [0.05, 0.1) is 11.4 Å². The van der Waals surface area contributed by atoms with Crippen molar-refractivity contribution in [1.29, 1.82) is 0 Å². The molecule has 0 atom stereocenters. The smallest absolute Gasteiger partial charge is 0.0602 e. The Morgan fingerprint density at radius 3 is 2.82 bits per heavy atom. The van der Waals surface area contributed by atoms with E-state index in [4.69, 9.17) is 0 Å². The van der Waals surface area contributed by atoms with E-state index < -0.39 is 0 Å². The van der Waals surface area contributed by atoms with Crippen LogP contribution in [0.1, 0.15) is 39.0 Å². The molecule has 0 aromatic heterocycles. The summed E-state index contributed by atoms with van der Waals surface area (Å²) < 4.78 is 0. The normalized spacial score (nSPS) is 14.3. The van der Waals surface area contributed by atoms with E-state index in [1.807, 2.05) is 0 Å². The van der Waals surface area contributed by atoms with Crippen molar-refractivity contribution in [3.05, 3.63) is 24.3 Å². The van der Waals surface area contributed by atoms with Crippen LogP contribution in [0.2, 0.25) is 0 Å². The van der Waals surface area contributed by atoms with Crippen LogP contribution in [0, 0.1) is 0 Å². The Bertz CT molecular complexity index is 335. The van der Waals surface area contributed by atoms with Gasteiger partial charge in [-0.15, -0.1) is 0 Å². The first-order valence-corrected chi connectivity index (χ1v) is 6.99. The van der Waals surface area contributed by atoms with Crippen molar-refractivity contribution in [2.24, 2.45) is 0 Å². The van der Waals surface area contributed by atoms with Gasteiger partial charge in [0.1, 0.15) is 0 Å².